The van der Waals surface area contributed by atoms with Crippen LogP contribution in [0.2, 0.25) is 5.28 Å². The number of thiophene rings is 1. The number of ether oxygens (including phenoxy) is 1. The molecule has 0 aromatic carbocycles. The van der Waals surface area contributed by atoms with Crippen LogP contribution >= 0.6 is 22.9 Å². The van der Waals surface area contributed by atoms with Gasteiger partial charge in [-0.25, -0.2) is 14.6 Å². The first-order valence-electron chi connectivity index (χ1n) is 9.07. The maximum absolute atomic E-state index is 13.0. The first-order valence-corrected chi connectivity index (χ1v) is 10.3. The van der Waals surface area contributed by atoms with E-state index >= 15 is 0 Å². The Balaban J connectivity index is 2.29. The van der Waals surface area contributed by atoms with Crippen molar-refractivity contribution in [2.45, 2.75) is 26.9 Å². The standard InChI is InChI=1S/C18H22ClN5O5S/c1-10(2)8-24-15-12(14(25)21(3)17(24)26)13(29-18(27)22(4)28-5)11(30-15)9-23-7-6-20-16(23)19/h6-7,10H,8-9H2,1-5H3. The highest BCUT2D eigenvalue weighted by Crippen LogP contribution is 2.37. The van der Waals surface area contributed by atoms with Crippen LogP contribution in [0.4, 0.5) is 4.79 Å². The summed E-state index contributed by atoms with van der Waals surface area (Å²) in [6.07, 6.45) is 2.39. The van der Waals surface area contributed by atoms with Crippen molar-refractivity contribution >= 4 is 39.2 Å². The molecule has 0 aliphatic heterocycles. The molecule has 1 amide bonds. The highest BCUT2D eigenvalue weighted by molar-refractivity contribution is 7.19. The van der Waals surface area contributed by atoms with Crippen molar-refractivity contribution in [1.82, 2.24) is 23.7 Å². The van der Waals surface area contributed by atoms with Crippen LogP contribution in [0.15, 0.2) is 22.0 Å². The summed E-state index contributed by atoms with van der Waals surface area (Å²) >= 11 is 7.30. The summed E-state index contributed by atoms with van der Waals surface area (Å²) in [5.74, 6) is 0.231. The molecule has 0 aliphatic carbocycles. The topological polar surface area (TPSA) is 101 Å². The largest absolute Gasteiger partial charge is 0.439 e. The van der Waals surface area contributed by atoms with Gasteiger partial charge in [0.05, 0.1) is 18.5 Å². The lowest BCUT2D eigenvalue weighted by molar-refractivity contribution is -0.0789. The van der Waals surface area contributed by atoms with Gasteiger partial charge in [0.15, 0.2) is 5.75 Å². The van der Waals surface area contributed by atoms with Crippen LogP contribution in [0.25, 0.3) is 10.2 Å². The van der Waals surface area contributed by atoms with Crippen molar-refractivity contribution in [1.29, 1.82) is 0 Å². The molecule has 3 aromatic heterocycles. The SMILES string of the molecule is CON(C)C(=O)Oc1c(Cn2ccnc2Cl)sc2c1c(=O)n(C)c(=O)n2CC(C)C. The molecular formula is C18H22ClN5O5S. The number of rotatable bonds is 6. The predicted molar refractivity (Wildman–Crippen MR) is 113 cm³/mol. The molecule has 0 unspecified atom stereocenters. The third kappa shape index (κ3) is 4.00. The maximum atomic E-state index is 13.0. The minimum Gasteiger partial charge on any atom is -0.406 e. The highest BCUT2D eigenvalue weighted by Gasteiger charge is 2.26. The van der Waals surface area contributed by atoms with Crippen molar-refractivity contribution in [2.24, 2.45) is 13.0 Å². The molecule has 0 fully saturated rings. The van der Waals surface area contributed by atoms with Crippen molar-refractivity contribution in [3.8, 4) is 5.75 Å². The number of nitrogens with zero attached hydrogens (tertiary/aromatic N) is 5. The molecular weight excluding hydrogens is 434 g/mol. The summed E-state index contributed by atoms with van der Waals surface area (Å²) in [4.78, 5) is 48.0. The van der Waals surface area contributed by atoms with Crippen molar-refractivity contribution < 1.29 is 14.4 Å². The van der Waals surface area contributed by atoms with Crippen LogP contribution in [0.3, 0.4) is 0 Å². The molecule has 3 aromatic rings. The lowest BCUT2D eigenvalue weighted by atomic mass is 10.2. The van der Waals surface area contributed by atoms with E-state index in [2.05, 4.69) is 4.98 Å². The average Bonchev–Trinajstić information content (AvgIpc) is 3.26. The van der Waals surface area contributed by atoms with Gasteiger partial charge in [-0.1, -0.05) is 13.8 Å². The smallest absolute Gasteiger partial charge is 0.406 e. The Labute approximate surface area is 180 Å². The Morgan fingerprint density at radius 2 is 2.07 bits per heavy atom. The zero-order valence-corrected chi connectivity index (χ0v) is 18.8. The Hall–Kier alpha value is -2.63. The van der Waals surface area contributed by atoms with Crippen molar-refractivity contribution in [3.05, 3.63) is 43.4 Å². The molecule has 3 heterocycles. The number of hydroxylamine groups is 2. The van der Waals surface area contributed by atoms with Crippen LogP contribution in [0.1, 0.15) is 18.7 Å². The fraction of sp³-hybridized carbons (Fsp3) is 0.444. The van der Waals surface area contributed by atoms with E-state index in [9.17, 15) is 14.4 Å². The molecule has 0 aliphatic rings. The van der Waals surface area contributed by atoms with Gasteiger partial charge in [0.2, 0.25) is 5.28 Å². The van der Waals surface area contributed by atoms with Crippen molar-refractivity contribution in [2.75, 3.05) is 14.2 Å². The zero-order chi connectivity index (χ0) is 22.2. The molecule has 0 spiro atoms. The molecule has 0 radical (unpaired) electrons. The summed E-state index contributed by atoms with van der Waals surface area (Å²) in [6, 6.07) is 0. The zero-order valence-electron chi connectivity index (χ0n) is 17.2. The van der Waals surface area contributed by atoms with Crippen LogP contribution in [0, 0.1) is 5.92 Å². The fourth-order valence-electron chi connectivity index (χ4n) is 2.90. The van der Waals surface area contributed by atoms with Gasteiger partial charge in [0.25, 0.3) is 5.56 Å². The van der Waals surface area contributed by atoms with E-state index < -0.39 is 17.3 Å². The van der Waals surface area contributed by atoms with Gasteiger partial charge in [0, 0.05) is 33.0 Å². The van der Waals surface area contributed by atoms with Gasteiger partial charge in [-0.05, 0) is 17.5 Å². The number of aromatic nitrogens is 4. The molecule has 0 N–H and O–H groups in total. The minimum atomic E-state index is -0.807. The normalized spacial score (nSPS) is 11.4. The fourth-order valence-corrected chi connectivity index (χ4v) is 4.29. The molecule has 162 valence electrons. The number of halogens is 1. The van der Waals surface area contributed by atoms with Crippen LogP contribution < -0.4 is 16.0 Å². The quantitative estimate of drug-likeness (QED) is 0.529. The number of carbonyl (C=O) groups is 1. The third-order valence-corrected chi connectivity index (χ3v) is 5.94. The minimum absolute atomic E-state index is 0.0757. The summed E-state index contributed by atoms with van der Waals surface area (Å²) in [6.45, 7) is 4.55. The molecule has 12 heteroatoms. The monoisotopic (exact) mass is 455 g/mol. The van der Waals surface area contributed by atoms with E-state index in [0.29, 0.717) is 16.3 Å². The number of fused-ring (bicyclic) bond motifs is 1. The third-order valence-electron chi connectivity index (χ3n) is 4.44. The molecule has 3 rings (SSSR count). The van der Waals surface area contributed by atoms with E-state index in [4.69, 9.17) is 21.2 Å². The number of hydrogen-bond donors (Lipinski definition) is 0. The summed E-state index contributed by atoms with van der Waals surface area (Å²) in [7, 11) is 4.10. The first kappa shape index (κ1) is 22.1. The average molecular weight is 456 g/mol. The molecule has 10 nitrogen and oxygen atoms in total. The van der Waals surface area contributed by atoms with E-state index in [1.807, 2.05) is 13.8 Å². The lowest BCUT2D eigenvalue weighted by Crippen LogP contribution is -2.38. The second-order valence-electron chi connectivity index (χ2n) is 7.06. The number of imidazole rings is 1. The highest BCUT2D eigenvalue weighted by atomic mass is 35.5. The number of carbonyl (C=O) groups excluding carboxylic acids is 1. The second-order valence-corrected chi connectivity index (χ2v) is 8.48. The lowest BCUT2D eigenvalue weighted by Gasteiger charge is -2.14. The number of hydrogen-bond acceptors (Lipinski definition) is 7. The molecule has 0 atom stereocenters. The van der Waals surface area contributed by atoms with Gasteiger partial charge in [-0.15, -0.1) is 11.3 Å². The first-order chi connectivity index (χ1) is 14.1. The van der Waals surface area contributed by atoms with E-state index in [1.165, 1.54) is 43.3 Å². The van der Waals surface area contributed by atoms with Crippen LogP contribution in [0.5, 0.6) is 5.75 Å². The Morgan fingerprint density at radius 1 is 1.37 bits per heavy atom. The summed E-state index contributed by atoms with van der Waals surface area (Å²) < 4.78 is 9.73. The maximum Gasteiger partial charge on any atom is 0.439 e. The van der Waals surface area contributed by atoms with Crippen LogP contribution in [-0.4, -0.2) is 44.0 Å². The van der Waals surface area contributed by atoms with Crippen LogP contribution in [-0.2, 0) is 25.0 Å². The Bertz CT molecular complexity index is 1210. The second kappa shape index (κ2) is 8.62. The summed E-state index contributed by atoms with van der Waals surface area (Å²) in [5, 5.41) is 1.30. The predicted octanol–water partition coefficient (Wildman–Crippen LogP) is 2.31. The van der Waals surface area contributed by atoms with Gasteiger partial charge in [-0.2, -0.15) is 5.06 Å². The number of amides is 1. The summed E-state index contributed by atoms with van der Waals surface area (Å²) in [5.41, 5.74) is -0.973. The van der Waals surface area contributed by atoms with Gasteiger partial charge < -0.3 is 9.30 Å². The molecule has 0 saturated heterocycles. The van der Waals surface area contributed by atoms with Gasteiger partial charge >= 0.3 is 11.8 Å². The molecule has 30 heavy (non-hydrogen) atoms. The van der Waals surface area contributed by atoms with E-state index in [1.54, 1.807) is 10.8 Å². The van der Waals surface area contributed by atoms with Crippen molar-refractivity contribution in [3.63, 3.8) is 0 Å². The molecule has 0 saturated carbocycles. The molecule has 0 bridgehead atoms. The van der Waals surface area contributed by atoms with E-state index in [0.717, 1.165) is 9.63 Å². The Kier molecular flexibility index (Phi) is 6.34. The van der Waals surface area contributed by atoms with Gasteiger partial charge in [0.1, 0.15) is 10.2 Å². The van der Waals surface area contributed by atoms with E-state index in [-0.39, 0.29) is 28.9 Å². The van der Waals surface area contributed by atoms with Gasteiger partial charge in [-0.3, -0.25) is 18.8 Å². The Morgan fingerprint density at radius 3 is 2.63 bits per heavy atom.